The maximum atomic E-state index is 11.8. The molecule has 0 spiro atoms. The molecule has 11 heteroatoms. The zero-order valence-corrected chi connectivity index (χ0v) is 18.2. The number of amides is 1. The Kier molecular flexibility index (Phi) is 6.77. The number of carbonyl (C=O) groups excluding carboxylic acids is 1. The van der Waals surface area contributed by atoms with E-state index in [2.05, 4.69) is 15.3 Å². The fourth-order valence-corrected chi connectivity index (χ4v) is 3.19. The molecule has 162 valence electrons. The summed E-state index contributed by atoms with van der Waals surface area (Å²) in [4.78, 5) is 32.3. The lowest BCUT2D eigenvalue weighted by atomic mass is 10.1. The van der Waals surface area contributed by atoms with E-state index in [0.717, 1.165) is 0 Å². The summed E-state index contributed by atoms with van der Waals surface area (Å²) in [5.41, 5.74) is 0.623. The van der Waals surface area contributed by atoms with Crippen LogP contribution >= 0.6 is 23.2 Å². The number of nitrogens with zero attached hydrogens (tertiary/aromatic N) is 4. The van der Waals surface area contributed by atoms with Crippen molar-refractivity contribution in [2.24, 2.45) is 5.92 Å². The largest absolute Gasteiger partial charge is 0.493 e. The van der Waals surface area contributed by atoms with Crippen molar-refractivity contribution >= 4 is 63.5 Å². The molecule has 0 aliphatic heterocycles. The lowest BCUT2D eigenvalue weighted by Gasteiger charge is -2.20. The number of benzene rings is 2. The summed E-state index contributed by atoms with van der Waals surface area (Å²) in [6, 6.07) is 7.22. The summed E-state index contributed by atoms with van der Waals surface area (Å²) in [6.45, 7) is 4.33. The molecule has 31 heavy (non-hydrogen) atoms. The third-order valence-electron chi connectivity index (χ3n) is 4.52. The molecule has 1 amide bonds. The average Bonchev–Trinajstić information content (AvgIpc) is 2.71. The van der Waals surface area contributed by atoms with Gasteiger partial charge in [0.15, 0.2) is 0 Å². The van der Waals surface area contributed by atoms with Gasteiger partial charge >= 0.3 is 0 Å². The summed E-state index contributed by atoms with van der Waals surface area (Å²) >= 11 is 12.0. The Labute approximate surface area is 187 Å². The summed E-state index contributed by atoms with van der Waals surface area (Å²) in [6.07, 6.45) is 1.26. The first-order chi connectivity index (χ1) is 14.7. The van der Waals surface area contributed by atoms with E-state index in [-0.39, 0.29) is 28.2 Å². The average molecular weight is 464 g/mol. The minimum atomic E-state index is -0.602. The number of non-ortho nitro benzene ring substituents is 1. The smallest absolute Gasteiger partial charge is 0.272 e. The third kappa shape index (κ3) is 5.12. The van der Waals surface area contributed by atoms with Crippen molar-refractivity contribution in [2.45, 2.75) is 20.3 Å². The van der Waals surface area contributed by atoms with E-state index in [9.17, 15) is 20.0 Å². The van der Waals surface area contributed by atoms with Gasteiger partial charge in [0.05, 0.1) is 26.0 Å². The van der Waals surface area contributed by atoms with Gasteiger partial charge in [-0.15, -0.1) is 0 Å². The van der Waals surface area contributed by atoms with Crippen LogP contribution in [0.15, 0.2) is 30.3 Å². The van der Waals surface area contributed by atoms with Crippen LogP contribution in [0, 0.1) is 16.0 Å². The molecule has 2 aromatic carbocycles. The predicted molar refractivity (Wildman–Crippen MR) is 120 cm³/mol. The fraction of sp³-hybridized carbons (Fsp3) is 0.250. The Balaban J connectivity index is 2.14. The first kappa shape index (κ1) is 22.5. The second kappa shape index (κ2) is 9.32. The van der Waals surface area contributed by atoms with Gasteiger partial charge in [0.1, 0.15) is 5.52 Å². The Morgan fingerprint density at radius 3 is 2.58 bits per heavy atom. The highest BCUT2D eigenvalue weighted by molar-refractivity contribution is 6.42. The van der Waals surface area contributed by atoms with Gasteiger partial charge in [0.2, 0.25) is 18.2 Å². The molecule has 9 nitrogen and oxygen atoms in total. The van der Waals surface area contributed by atoms with E-state index in [1.54, 1.807) is 18.2 Å². The number of carbonyl (C=O) groups is 1. The highest BCUT2D eigenvalue weighted by Gasteiger charge is 2.21. The number of nitrogens with one attached hydrogen (secondary N) is 1. The predicted octanol–water partition coefficient (Wildman–Crippen LogP) is 5.30. The fourth-order valence-electron chi connectivity index (χ4n) is 2.89. The second-order valence-electron chi connectivity index (χ2n) is 7.22. The summed E-state index contributed by atoms with van der Waals surface area (Å²) in [5, 5.41) is 25.5. The van der Waals surface area contributed by atoms with E-state index in [1.165, 1.54) is 17.0 Å². The first-order valence-corrected chi connectivity index (χ1v) is 10.1. The summed E-state index contributed by atoms with van der Waals surface area (Å²) in [5.74, 6) is -0.136. The van der Waals surface area contributed by atoms with Crippen LogP contribution in [0.3, 0.4) is 0 Å². The molecule has 0 saturated carbocycles. The van der Waals surface area contributed by atoms with Crippen molar-refractivity contribution in [3.05, 3.63) is 50.5 Å². The van der Waals surface area contributed by atoms with Crippen molar-refractivity contribution in [1.82, 2.24) is 9.97 Å². The third-order valence-corrected chi connectivity index (χ3v) is 5.25. The van der Waals surface area contributed by atoms with Crippen LogP contribution in [0.5, 0.6) is 5.88 Å². The van der Waals surface area contributed by atoms with Crippen LogP contribution < -0.4 is 10.2 Å². The Morgan fingerprint density at radius 2 is 1.97 bits per heavy atom. The number of anilines is 3. The monoisotopic (exact) mass is 463 g/mol. The number of nitro benzene ring substituents is 1. The number of hydrogen-bond acceptors (Lipinski definition) is 7. The number of fused-ring (bicyclic) bond motifs is 1. The molecule has 3 aromatic rings. The van der Waals surface area contributed by atoms with Gasteiger partial charge in [-0.1, -0.05) is 37.0 Å². The number of halogens is 2. The SMILES string of the molecule is CC(C)CCN(C=O)c1cc([N+](=O)[O-])cc2c(O)nc(Nc3ccc(Cl)c(Cl)c3)nc12. The summed E-state index contributed by atoms with van der Waals surface area (Å²) < 4.78 is 0. The van der Waals surface area contributed by atoms with Crippen molar-refractivity contribution in [2.75, 3.05) is 16.8 Å². The number of rotatable bonds is 8. The normalized spacial score (nSPS) is 11.0. The van der Waals surface area contributed by atoms with Gasteiger partial charge in [-0.25, -0.2) is 4.98 Å². The molecule has 0 radical (unpaired) electrons. The number of nitro groups is 1. The lowest BCUT2D eigenvalue weighted by molar-refractivity contribution is -0.384. The van der Waals surface area contributed by atoms with Gasteiger partial charge in [-0.3, -0.25) is 14.9 Å². The zero-order chi connectivity index (χ0) is 22.7. The zero-order valence-electron chi connectivity index (χ0n) is 16.7. The summed E-state index contributed by atoms with van der Waals surface area (Å²) in [7, 11) is 0. The molecule has 0 atom stereocenters. The molecule has 2 N–H and O–H groups in total. The maximum Gasteiger partial charge on any atom is 0.272 e. The van der Waals surface area contributed by atoms with E-state index >= 15 is 0 Å². The minimum Gasteiger partial charge on any atom is -0.493 e. The van der Waals surface area contributed by atoms with Gasteiger partial charge in [0, 0.05) is 24.4 Å². The van der Waals surface area contributed by atoms with Crippen LogP contribution in [0.2, 0.25) is 10.0 Å². The molecule has 0 aliphatic carbocycles. The van der Waals surface area contributed by atoms with E-state index in [4.69, 9.17) is 23.2 Å². The van der Waals surface area contributed by atoms with Crippen LogP contribution in [0.4, 0.5) is 23.0 Å². The standard InChI is InChI=1S/C20H19Cl2N5O4/c1-11(2)5-6-26(10-28)17-9-13(27(30)31)8-14-18(17)24-20(25-19(14)29)23-12-3-4-15(21)16(22)7-12/h3-4,7-11H,5-6H2,1-2H3,(H2,23,24,25,29). The van der Waals surface area contributed by atoms with E-state index in [0.29, 0.717) is 41.0 Å². The Bertz CT molecular complexity index is 1160. The van der Waals surface area contributed by atoms with Crippen molar-refractivity contribution in [3.8, 4) is 5.88 Å². The molecule has 0 unspecified atom stereocenters. The quantitative estimate of drug-likeness (QED) is 0.263. The molecule has 0 fully saturated rings. The second-order valence-corrected chi connectivity index (χ2v) is 8.04. The van der Waals surface area contributed by atoms with Gasteiger partial charge in [-0.2, -0.15) is 4.98 Å². The molecule has 3 rings (SSSR count). The highest BCUT2D eigenvalue weighted by Crippen LogP contribution is 2.36. The molecular weight excluding hydrogens is 445 g/mol. The van der Waals surface area contributed by atoms with Gasteiger partial charge in [0.25, 0.3) is 5.69 Å². The van der Waals surface area contributed by atoms with Gasteiger partial charge in [-0.05, 0) is 30.5 Å². The highest BCUT2D eigenvalue weighted by atomic mass is 35.5. The molecule has 0 aliphatic rings. The van der Waals surface area contributed by atoms with Crippen molar-refractivity contribution < 1.29 is 14.8 Å². The van der Waals surface area contributed by atoms with E-state index < -0.39 is 10.8 Å². The lowest BCUT2D eigenvalue weighted by Crippen LogP contribution is -2.24. The molecular formula is C20H19Cl2N5O4. The van der Waals surface area contributed by atoms with E-state index in [1.807, 2.05) is 13.8 Å². The molecule has 0 saturated heterocycles. The van der Waals surface area contributed by atoms with Crippen molar-refractivity contribution in [3.63, 3.8) is 0 Å². The first-order valence-electron chi connectivity index (χ1n) is 9.32. The minimum absolute atomic E-state index is 0.0215. The van der Waals surface area contributed by atoms with Crippen LogP contribution in [-0.4, -0.2) is 33.0 Å². The Hall–Kier alpha value is -3.17. The number of hydrogen-bond donors (Lipinski definition) is 2. The molecule has 1 aromatic heterocycles. The molecule has 0 bridgehead atoms. The topological polar surface area (TPSA) is 121 Å². The van der Waals surface area contributed by atoms with Gasteiger partial charge < -0.3 is 15.3 Å². The van der Waals surface area contributed by atoms with Crippen molar-refractivity contribution in [1.29, 1.82) is 0 Å². The van der Waals surface area contributed by atoms with Crippen LogP contribution in [-0.2, 0) is 4.79 Å². The maximum absolute atomic E-state index is 11.8. The molecule has 1 heterocycles. The Morgan fingerprint density at radius 1 is 1.23 bits per heavy atom. The number of aromatic nitrogens is 2. The number of aromatic hydroxyl groups is 1. The van der Waals surface area contributed by atoms with Crippen LogP contribution in [0.25, 0.3) is 10.9 Å². The van der Waals surface area contributed by atoms with Crippen LogP contribution in [0.1, 0.15) is 20.3 Å².